The number of benzene rings is 2. The van der Waals surface area contributed by atoms with E-state index in [1.54, 1.807) is 0 Å². The molecule has 2 aromatic rings. The monoisotopic (exact) mass is 379 g/mol. The van der Waals surface area contributed by atoms with E-state index in [2.05, 4.69) is 49.5 Å². The van der Waals surface area contributed by atoms with Gasteiger partial charge in [0.15, 0.2) is 6.10 Å². The van der Waals surface area contributed by atoms with Crippen molar-refractivity contribution < 1.29 is 9.53 Å². The molecule has 0 aromatic heterocycles. The van der Waals surface area contributed by atoms with Crippen LogP contribution in [0.25, 0.3) is 0 Å². The number of ether oxygens (including phenoxy) is 1. The summed E-state index contributed by atoms with van der Waals surface area (Å²) in [5.74, 6) is 0.772. The molecule has 0 bridgehead atoms. The Bertz CT molecular complexity index is 812. The zero-order valence-electron chi connectivity index (χ0n) is 17.5. The molecule has 0 saturated heterocycles. The van der Waals surface area contributed by atoms with Gasteiger partial charge >= 0.3 is 0 Å². The molecule has 0 aliphatic heterocycles. The minimum atomic E-state index is -0.457. The van der Waals surface area contributed by atoms with E-state index < -0.39 is 6.10 Å². The van der Waals surface area contributed by atoms with Gasteiger partial charge in [-0.1, -0.05) is 45.0 Å². The molecule has 28 heavy (non-hydrogen) atoms. The highest BCUT2D eigenvalue weighted by atomic mass is 16.5. The fraction of sp³-hybridized carbons (Fsp3) is 0.480. The molecule has 1 aliphatic carbocycles. The molecule has 0 saturated carbocycles. The number of hydrogen-bond donors (Lipinski definition) is 1. The molecule has 0 fully saturated rings. The van der Waals surface area contributed by atoms with Gasteiger partial charge in [0.25, 0.3) is 5.91 Å². The Morgan fingerprint density at radius 3 is 2.46 bits per heavy atom. The Hall–Kier alpha value is -2.29. The first-order chi connectivity index (χ1) is 13.6. The van der Waals surface area contributed by atoms with E-state index in [0.29, 0.717) is 13.0 Å². The molecule has 1 aliphatic rings. The molecule has 2 aromatic carbocycles. The highest BCUT2D eigenvalue weighted by Crippen LogP contribution is 2.26. The normalized spacial score (nSPS) is 14.2. The minimum Gasteiger partial charge on any atom is -0.481 e. The smallest absolute Gasteiger partial charge is 0.261 e. The van der Waals surface area contributed by atoms with Crippen LogP contribution in [0.3, 0.4) is 0 Å². The van der Waals surface area contributed by atoms with Gasteiger partial charge in [-0.3, -0.25) is 4.79 Å². The summed E-state index contributed by atoms with van der Waals surface area (Å²) in [6, 6.07) is 12.9. The number of fused-ring (bicyclic) bond motifs is 1. The van der Waals surface area contributed by atoms with Crippen molar-refractivity contribution in [2.45, 2.75) is 78.4 Å². The molecular formula is C25H33NO2. The first kappa shape index (κ1) is 20.4. The van der Waals surface area contributed by atoms with Crippen LogP contribution in [0.2, 0.25) is 0 Å². The van der Waals surface area contributed by atoms with Crippen molar-refractivity contribution >= 4 is 5.91 Å². The lowest BCUT2D eigenvalue weighted by atomic mass is 9.92. The lowest BCUT2D eigenvalue weighted by Crippen LogP contribution is -2.37. The van der Waals surface area contributed by atoms with Crippen LogP contribution in [0.4, 0.5) is 0 Å². The van der Waals surface area contributed by atoms with Crippen LogP contribution in [-0.2, 0) is 37.0 Å². The van der Waals surface area contributed by atoms with Gasteiger partial charge in [0.05, 0.1) is 0 Å². The van der Waals surface area contributed by atoms with Crippen molar-refractivity contribution in [3.8, 4) is 5.75 Å². The molecule has 0 spiro atoms. The van der Waals surface area contributed by atoms with Crippen molar-refractivity contribution in [3.63, 3.8) is 0 Å². The van der Waals surface area contributed by atoms with Crippen molar-refractivity contribution in [2.75, 3.05) is 0 Å². The van der Waals surface area contributed by atoms with Gasteiger partial charge in [0.1, 0.15) is 5.75 Å². The molecular weight excluding hydrogens is 346 g/mol. The number of aryl methyl sites for hydroxylation is 4. The maximum Gasteiger partial charge on any atom is 0.261 e. The number of carbonyl (C=O) groups excluding carboxylic acids is 1. The molecule has 0 heterocycles. The maximum absolute atomic E-state index is 12.8. The summed E-state index contributed by atoms with van der Waals surface area (Å²) in [5.41, 5.74) is 6.61. The third-order valence-corrected chi connectivity index (χ3v) is 5.77. The first-order valence-electron chi connectivity index (χ1n) is 10.8. The average Bonchev–Trinajstić information content (AvgIpc) is 2.75. The van der Waals surface area contributed by atoms with Gasteiger partial charge in [0, 0.05) is 6.54 Å². The van der Waals surface area contributed by atoms with Crippen molar-refractivity contribution in [1.82, 2.24) is 5.32 Å². The lowest BCUT2D eigenvalue weighted by molar-refractivity contribution is -0.128. The summed E-state index contributed by atoms with van der Waals surface area (Å²) in [4.78, 5) is 12.8. The summed E-state index contributed by atoms with van der Waals surface area (Å²) in [5, 5.41) is 3.09. The zero-order chi connectivity index (χ0) is 19.9. The standard InChI is InChI=1S/C25H33NO2/c1-4-18-11-12-19(5-2)22(15-18)17-26-25(27)24(6-3)28-23-14-13-20-9-7-8-10-21(20)16-23/h11-16,24H,4-10,17H2,1-3H3,(H,26,27). The Kier molecular flexibility index (Phi) is 7.13. The number of amides is 1. The third kappa shape index (κ3) is 4.95. The van der Waals surface area contributed by atoms with Gasteiger partial charge in [-0.05, 0) is 84.9 Å². The van der Waals surface area contributed by atoms with Crippen LogP contribution in [0, 0.1) is 0 Å². The molecule has 150 valence electrons. The summed E-state index contributed by atoms with van der Waals surface area (Å²) in [6.07, 6.45) is 6.95. The molecule has 3 rings (SSSR count). The minimum absolute atomic E-state index is 0.0378. The summed E-state index contributed by atoms with van der Waals surface area (Å²) in [6.45, 7) is 6.86. The van der Waals surface area contributed by atoms with Crippen molar-refractivity contribution in [1.29, 1.82) is 0 Å². The van der Waals surface area contributed by atoms with Gasteiger partial charge in [-0.15, -0.1) is 0 Å². The summed E-state index contributed by atoms with van der Waals surface area (Å²) < 4.78 is 6.07. The quantitative estimate of drug-likeness (QED) is 0.688. The Balaban J connectivity index is 1.64. The van der Waals surface area contributed by atoms with Crippen molar-refractivity contribution in [2.24, 2.45) is 0 Å². The summed E-state index contributed by atoms with van der Waals surface area (Å²) in [7, 11) is 0. The van der Waals surface area contributed by atoms with Gasteiger partial charge in [-0.25, -0.2) is 0 Å². The van der Waals surface area contributed by atoms with Gasteiger partial charge in [0.2, 0.25) is 0 Å². The van der Waals surface area contributed by atoms with E-state index in [0.717, 1.165) is 31.4 Å². The molecule has 0 radical (unpaired) electrons. The van der Waals surface area contributed by atoms with Crippen LogP contribution >= 0.6 is 0 Å². The highest BCUT2D eigenvalue weighted by molar-refractivity contribution is 5.81. The van der Waals surface area contributed by atoms with E-state index in [1.807, 2.05) is 13.0 Å². The largest absolute Gasteiger partial charge is 0.481 e. The van der Waals surface area contributed by atoms with E-state index >= 15 is 0 Å². The molecule has 3 nitrogen and oxygen atoms in total. The van der Waals surface area contributed by atoms with Crippen LogP contribution in [-0.4, -0.2) is 12.0 Å². The molecule has 1 amide bonds. The number of nitrogens with one attached hydrogen (secondary N) is 1. The Labute approximate surface area is 169 Å². The molecule has 1 atom stereocenters. The predicted octanol–water partition coefficient (Wildman–Crippen LogP) is 5.16. The Morgan fingerprint density at radius 2 is 1.75 bits per heavy atom. The van der Waals surface area contributed by atoms with Crippen LogP contribution < -0.4 is 10.1 Å². The second-order valence-corrected chi connectivity index (χ2v) is 7.68. The van der Waals surface area contributed by atoms with Gasteiger partial charge in [-0.2, -0.15) is 0 Å². The predicted molar refractivity (Wildman–Crippen MR) is 115 cm³/mol. The zero-order valence-corrected chi connectivity index (χ0v) is 17.5. The number of rotatable bonds is 8. The van der Waals surface area contributed by atoms with E-state index in [4.69, 9.17) is 4.74 Å². The van der Waals surface area contributed by atoms with Gasteiger partial charge < -0.3 is 10.1 Å². The van der Waals surface area contributed by atoms with Crippen LogP contribution in [0.15, 0.2) is 36.4 Å². The first-order valence-corrected chi connectivity index (χ1v) is 10.8. The molecule has 3 heteroatoms. The molecule has 1 N–H and O–H groups in total. The third-order valence-electron chi connectivity index (χ3n) is 5.77. The second kappa shape index (κ2) is 9.77. The van der Waals surface area contributed by atoms with E-state index in [1.165, 1.54) is 40.7 Å². The number of hydrogen-bond acceptors (Lipinski definition) is 2. The average molecular weight is 380 g/mol. The lowest BCUT2D eigenvalue weighted by Gasteiger charge is -2.21. The fourth-order valence-electron chi connectivity index (χ4n) is 3.97. The Morgan fingerprint density at radius 1 is 0.964 bits per heavy atom. The van der Waals surface area contributed by atoms with E-state index in [-0.39, 0.29) is 5.91 Å². The second-order valence-electron chi connectivity index (χ2n) is 7.68. The van der Waals surface area contributed by atoms with Crippen molar-refractivity contribution in [3.05, 3.63) is 64.2 Å². The number of carbonyl (C=O) groups is 1. The highest BCUT2D eigenvalue weighted by Gasteiger charge is 2.19. The maximum atomic E-state index is 12.8. The topological polar surface area (TPSA) is 38.3 Å². The van der Waals surface area contributed by atoms with E-state index in [9.17, 15) is 4.79 Å². The van der Waals surface area contributed by atoms with Crippen LogP contribution in [0.1, 0.15) is 67.9 Å². The molecule has 1 unspecified atom stereocenters. The fourth-order valence-corrected chi connectivity index (χ4v) is 3.97. The van der Waals surface area contributed by atoms with Crippen LogP contribution in [0.5, 0.6) is 5.75 Å². The SMILES string of the molecule is CCc1ccc(CC)c(CNC(=O)C(CC)Oc2ccc3c(c2)CCCC3)c1. The summed E-state index contributed by atoms with van der Waals surface area (Å²) >= 11 is 0.